The van der Waals surface area contributed by atoms with Crippen molar-refractivity contribution in [2.75, 3.05) is 5.32 Å². The Kier molecular flexibility index (Phi) is 3.61. The molecule has 2 heterocycles. The molecule has 0 amide bonds. The number of nitriles is 1. The zero-order chi connectivity index (χ0) is 18.4. The van der Waals surface area contributed by atoms with E-state index in [-0.39, 0.29) is 0 Å². The van der Waals surface area contributed by atoms with Gasteiger partial charge in [-0.15, -0.1) is 0 Å². The Hall–Kier alpha value is -3.32. The van der Waals surface area contributed by atoms with E-state index in [1.54, 1.807) is 0 Å². The molecule has 1 aliphatic rings. The zero-order valence-corrected chi connectivity index (χ0v) is 15.3. The number of fused-ring (bicyclic) bond motifs is 4. The fraction of sp³-hybridized carbons (Fsp3) is 0.217. The molecule has 0 saturated carbocycles. The molecular weight excluding hydrogens is 332 g/mol. The lowest BCUT2D eigenvalue weighted by Gasteiger charge is -2.23. The number of para-hydroxylation sites is 2. The van der Waals surface area contributed by atoms with E-state index in [4.69, 9.17) is 4.98 Å². The van der Waals surface area contributed by atoms with Gasteiger partial charge >= 0.3 is 0 Å². The minimum Gasteiger partial charge on any atom is -0.341 e. The summed E-state index contributed by atoms with van der Waals surface area (Å²) >= 11 is 0. The lowest BCUT2D eigenvalue weighted by Crippen LogP contribution is -2.13. The van der Waals surface area contributed by atoms with Crippen molar-refractivity contribution in [3.05, 3.63) is 70.8 Å². The quantitative estimate of drug-likeness (QED) is 0.533. The molecular formula is C23H20N4. The number of rotatable bonds is 2. The molecule has 1 aliphatic carbocycles. The van der Waals surface area contributed by atoms with Gasteiger partial charge in [0.2, 0.25) is 0 Å². The normalized spacial score (nSPS) is 13.5. The first-order chi connectivity index (χ1) is 13.3. The van der Waals surface area contributed by atoms with Gasteiger partial charge < -0.3 is 5.32 Å². The summed E-state index contributed by atoms with van der Waals surface area (Å²) in [5.74, 6) is 1.05. The SMILES string of the molecule is Cc1ccc(Nc2c3c(c(C#N)c4nc5ccccc5n24)CCCC3)cc1. The number of hydrogen-bond donors (Lipinski definition) is 1. The van der Waals surface area contributed by atoms with Gasteiger partial charge in [0.1, 0.15) is 11.9 Å². The Morgan fingerprint density at radius 1 is 1.00 bits per heavy atom. The number of pyridine rings is 1. The third kappa shape index (κ3) is 2.47. The van der Waals surface area contributed by atoms with E-state index in [1.807, 2.05) is 18.2 Å². The molecule has 0 radical (unpaired) electrons. The largest absolute Gasteiger partial charge is 0.341 e. The fourth-order valence-corrected chi connectivity index (χ4v) is 4.15. The molecule has 132 valence electrons. The molecule has 2 aromatic heterocycles. The van der Waals surface area contributed by atoms with Crippen molar-refractivity contribution in [1.29, 1.82) is 5.26 Å². The molecule has 4 aromatic rings. The van der Waals surface area contributed by atoms with Crippen LogP contribution in [0.5, 0.6) is 0 Å². The van der Waals surface area contributed by atoms with E-state index >= 15 is 0 Å². The second-order valence-corrected chi connectivity index (χ2v) is 7.25. The summed E-state index contributed by atoms with van der Waals surface area (Å²) in [6.45, 7) is 2.09. The molecule has 0 spiro atoms. The summed E-state index contributed by atoms with van der Waals surface area (Å²) < 4.78 is 2.14. The average molecular weight is 352 g/mol. The highest BCUT2D eigenvalue weighted by molar-refractivity contribution is 5.87. The van der Waals surface area contributed by atoms with Gasteiger partial charge in [-0.2, -0.15) is 5.26 Å². The van der Waals surface area contributed by atoms with Crippen LogP contribution in [0.25, 0.3) is 16.7 Å². The van der Waals surface area contributed by atoms with E-state index in [0.29, 0.717) is 0 Å². The van der Waals surface area contributed by atoms with Crippen molar-refractivity contribution in [3.8, 4) is 6.07 Å². The molecule has 0 atom stereocenters. The van der Waals surface area contributed by atoms with Gasteiger partial charge in [-0.05, 0) is 68.0 Å². The maximum Gasteiger partial charge on any atom is 0.157 e. The summed E-state index contributed by atoms with van der Waals surface area (Å²) in [5, 5.41) is 13.5. The topological polar surface area (TPSA) is 53.1 Å². The molecule has 0 saturated heterocycles. The van der Waals surface area contributed by atoms with Crippen LogP contribution < -0.4 is 5.32 Å². The van der Waals surface area contributed by atoms with Crippen molar-refractivity contribution < 1.29 is 0 Å². The predicted molar refractivity (Wildman–Crippen MR) is 109 cm³/mol. The number of aryl methyl sites for hydroxylation is 1. The van der Waals surface area contributed by atoms with Gasteiger partial charge in [-0.25, -0.2) is 4.98 Å². The van der Waals surface area contributed by atoms with Crippen LogP contribution in [0.2, 0.25) is 0 Å². The highest BCUT2D eigenvalue weighted by Crippen LogP contribution is 2.36. The number of hydrogen-bond acceptors (Lipinski definition) is 3. The Morgan fingerprint density at radius 2 is 1.74 bits per heavy atom. The zero-order valence-electron chi connectivity index (χ0n) is 15.3. The lowest BCUT2D eigenvalue weighted by molar-refractivity contribution is 0.682. The number of nitrogens with zero attached hydrogens (tertiary/aromatic N) is 3. The first kappa shape index (κ1) is 15.9. The summed E-state index contributed by atoms with van der Waals surface area (Å²) in [6.07, 6.45) is 4.21. The maximum absolute atomic E-state index is 9.90. The van der Waals surface area contributed by atoms with Crippen molar-refractivity contribution >= 4 is 28.2 Å². The minimum atomic E-state index is 0.732. The van der Waals surface area contributed by atoms with E-state index in [2.05, 4.69) is 53.0 Å². The standard InChI is InChI=1S/C23H20N4/c1-15-10-12-16(13-11-15)25-22-18-7-3-2-6-17(18)19(14-24)23-26-20-8-4-5-9-21(20)27(22)23/h4-5,8-13,25H,2-3,6-7H2,1H3. The summed E-state index contributed by atoms with van der Waals surface area (Å²) in [6, 6.07) is 19.0. The van der Waals surface area contributed by atoms with Gasteiger partial charge in [0.25, 0.3) is 0 Å². The summed E-state index contributed by atoms with van der Waals surface area (Å²) in [7, 11) is 0. The third-order valence-corrected chi connectivity index (χ3v) is 5.49. The fourth-order valence-electron chi connectivity index (χ4n) is 4.15. The Morgan fingerprint density at radius 3 is 2.52 bits per heavy atom. The minimum absolute atomic E-state index is 0.732. The van der Waals surface area contributed by atoms with Crippen molar-refractivity contribution in [3.63, 3.8) is 0 Å². The van der Waals surface area contributed by atoms with Crippen LogP contribution in [-0.4, -0.2) is 9.38 Å². The molecule has 2 aromatic carbocycles. The molecule has 0 aliphatic heterocycles. The van der Waals surface area contributed by atoms with Crippen LogP contribution >= 0.6 is 0 Å². The first-order valence-corrected chi connectivity index (χ1v) is 9.45. The first-order valence-electron chi connectivity index (χ1n) is 9.45. The van der Waals surface area contributed by atoms with Crippen LogP contribution in [0.1, 0.15) is 35.1 Å². The Labute approximate surface area is 158 Å². The highest BCUT2D eigenvalue weighted by Gasteiger charge is 2.24. The molecule has 4 heteroatoms. The second kappa shape index (κ2) is 6.14. The Balaban J connectivity index is 1.86. The van der Waals surface area contributed by atoms with Crippen molar-refractivity contribution in [2.45, 2.75) is 32.6 Å². The number of anilines is 2. The van der Waals surface area contributed by atoms with Crippen LogP contribution in [0, 0.1) is 18.3 Å². The molecule has 0 unspecified atom stereocenters. The molecule has 5 rings (SSSR count). The van der Waals surface area contributed by atoms with Crippen LogP contribution in [0.4, 0.5) is 11.5 Å². The van der Waals surface area contributed by atoms with Gasteiger partial charge in [0.05, 0.1) is 16.6 Å². The predicted octanol–water partition coefficient (Wildman–Crippen LogP) is 5.29. The molecule has 1 N–H and O–H groups in total. The van der Waals surface area contributed by atoms with Crippen LogP contribution in [-0.2, 0) is 12.8 Å². The monoisotopic (exact) mass is 352 g/mol. The van der Waals surface area contributed by atoms with E-state index in [0.717, 1.165) is 59.4 Å². The van der Waals surface area contributed by atoms with Gasteiger partial charge in [0.15, 0.2) is 5.65 Å². The van der Waals surface area contributed by atoms with Gasteiger partial charge in [0, 0.05) is 5.69 Å². The molecule has 0 bridgehead atoms. The maximum atomic E-state index is 9.90. The molecule has 0 fully saturated rings. The smallest absolute Gasteiger partial charge is 0.157 e. The average Bonchev–Trinajstić information content (AvgIpc) is 3.09. The van der Waals surface area contributed by atoms with Crippen LogP contribution in [0.15, 0.2) is 48.5 Å². The number of aromatic nitrogens is 2. The van der Waals surface area contributed by atoms with E-state index in [1.165, 1.54) is 16.7 Å². The summed E-state index contributed by atoms with van der Waals surface area (Å²) in [4.78, 5) is 4.81. The Bertz CT molecular complexity index is 1210. The van der Waals surface area contributed by atoms with E-state index in [9.17, 15) is 5.26 Å². The number of nitrogens with one attached hydrogen (secondary N) is 1. The highest BCUT2D eigenvalue weighted by atomic mass is 15.1. The van der Waals surface area contributed by atoms with Gasteiger partial charge in [-0.1, -0.05) is 29.8 Å². The second-order valence-electron chi connectivity index (χ2n) is 7.25. The van der Waals surface area contributed by atoms with Crippen molar-refractivity contribution in [2.24, 2.45) is 0 Å². The van der Waals surface area contributed by atoms with Crippen molar-refractivity contribution in [1.82, 2.24) is 9.38 Å². The van der Waals surface area contributed by atoms with Crippen LogP contribution in [0.3, 0.4) is 0 Å². The van der Waals surface area contributed by atoms with Gasteiger partial charge in [-0.3, -0.25) is 4.40 Å². The van der Waals surface area contributed by atoms with E-state index < -0.39 is 0 Å². The third-order valence-electron chi connectivity index (χ3n) is 5.49. The lowest BCUT2D eigenvalue weighted by atomic mass is 9.89. The summed E-state index contributed by atoms with van der Waals surface area (Å²) in [5.41, 5.74) is 8.16. The number of benzene rings is 2. The molecule has 27 heavy (non-hydrogen) atoms. The number of imidazole rings is 1. The molecule has 4 nitrogen and oxygen atoms in total.